The van der Waals surface area contributed by atoms with E-state index in [2.05, 4.69) is 39.8 Å². The van der Waals surface area contributed by atoms with Crippen LogP contribution in [0.15, 0.2) is 36.7 Å². The summed E-state index contributed by atoms with van der Waals surface area (Å²) in [4.78, 5) is 22.4. The van der Waals surface area contributed by atoms with Crippen LogP contribution in [-0.4, -0.2) is 55.2 Å². The van der Waals surface area contributed by atoms with Gasteiger partial charge in [0, 0.05) is 43.5 Å². The van der Waals surface area contributed by atoms with E-state index in [1.54, 1.807) is 12.1 Å². The van der Waals surface area contributed by atoms with Crippen LogP contribution in [0.3, 0.4) is 0 Å². The molecule has 4 rings (SSSR count). The van der Waals surface area contributed by atoms with Gasteiger partial charge in [-0.25, -0.2) is 18.7 Å². The third-order valence-corrected chi connectivity index (χ3v) is 6.48. The summed E-state index contributed by atoms with van der Waals surface area (Å²) >= 11 is 6.25. The molecule has 1 aromatic heterocycles. The van der Waals surface area contributed by atoms with Gasteiger partial charge in [0.1, 0.15) is 24.0 Å². The van der Waals surface area contributed by atoms with Gasteiger partial charge in [-0.05, 0) is 38.1 Å². The van der Waals surface area contributed by atoms with E-state index in [-0.39, 0.29) is 58.1 Å². The normalized spacial score (nSPS) is 17.2. The maximum atomic E-state index is 15.0. The SMILES string of the molecule is CNC(=O)c1cc(OC)c(Cl)c(COc2cnc(Nc3ccc(N4C[C@@H](C)N[C@@H](C)C4)c(F)c3)nc2)c1F. The second-order valence-corrected chi connectivity index (χ2v) is 9.39. The summed E-state index contributed by atoms with van der Waals surface area (Å²) in [5, 5.41) is 8.76. The molecule has 0 unspecified atom stereocenters. The van der Waals surface area contributed by atoms with Crippen molar-refractivity contribution in [2.75, 3.05) is 37.5 Å². The first-order chi connectivity index (χ1) is 18.2. The van der Waals surface area contributed by atoms with Crippen LogP contribution in [0.25, 0.3) is 0 Å². The standard InChI is InChI=1S/C26H29ClF2N6O3/c1-14-11-35(12-15(2)33-14)21-6-5-16(7-20(21)28)34-26-31-9-17(10-32-26)38-13-19-23(27)22(37-4)8-18(24(19)29)25(36)30-3/h5-10,14-15,33H,11-13H2,1-4H3,(H,30,36)(H,31,32,34)/t14-,15+. The summed E-state index contributed by atoms with van der Waals surface area (Å²) in [7, 11) is 2.75. The molecule has 12 heteroatoms. The summed E-state index contributed by atoms with van der Waals surface area (Å²) in [6.07, 6.45) is 2.77. The zero-order valence-electron chi connectivity index (χ0n) is 21.4. The summed E-state index contributed by atoms with van der Waals surface area (Å²) in [6, 6.07) is 6.65. The van der Waals surface area contributed by atoms with Crippen molar-refractivity contribution in [3.63, 3.8) is 0 Å². The number of rotatable bonds is 8. The zero-order valence-corrected chi connectivity index (χ0v) is 22.2. The van der Waals surface area contributed by atoms with Gasteiger partial charge in [0.2, 0.25) is 5.95 Å². The Bertz CT molecular complexity index is 1300. The summed E-state index contributed by atoms with van der Waals surface area (Å²) in [5.41, 5.74) is 0.768. The minimum absolute atomic E-state index is 0.00735. The predicted octanol–water partition coefficient (Wildman–Crippen LogP) is 4.29. The van der Waals surface area contributed by atoms with Crippen LogP contribution in [0.2, 0.25) is 5.02 Å². The number of ether oxygens (including phenoxy) is 2. The number of carbonyl (C=O) groups excluding carboxylic acids is 1. The Morgan fingerprint density at radius 3 is 2.47 bits per heavy atom. The first kappa shape index (κ1) is 27.3. The van der Waals surface area contributed by atoms with Gasteiger partial charge in [0.15, 0.2) is 5.75 Å². The van der Waals surface area contributed by atoms with E-state index in [1.807, 2.05) is 4.90 Å². The molecule has 9 nitrogen and oxygen atoms in total. The molecule has 1 aliphatic heterocycles. The average Bonchev–Trinajstić information content (AvgIpc) is 2.88. The van der Waals surface area contributed by atoms with Gasteiger partial charge >= 0.3 is 0 Å². The topological polar surface area (TPSA) is 101 Å². The minimum atomic E-state index is -0.815. The van der Waals surface area contributed by atoms with Crippen LogP contribution in [0.4, 0.5) is 26.1 Å². The van der Waals surface area contributed by atoms with E-state index < -0.39 is 11.7 Å². The molecule has 1 fully saturated rings. The molecule has 0 radical (unpaired) electrons. The highest BCUT2D eigenvalue weighted by Crippen LogP contribution is 2.33. The second-order valence-electron chi connectivity index (χ2n) is 9.01. The molecule has 1 aliphatic rings. The molecular weight excluding hydrogens is 518 g/mol. The third-order valence-electron chi connectivity index (χ3n) is 6.06. The summed E-state index contributed by atoms with van der Waals surface area (Å²) in [6.45, 7) is 5.29. The molecule has 3 N–H and O–H groups in total. The fourth-order valence-corrected chi connectivity index (χ4v) is 4.61. The van der Waals surface area contributed by atoms with Gasteiger partial charge in [-0.1, -0.05) is 11.6 Å². The van der Waals surface area contributed by atoms with Crippen LogP contribution in [0.5, 0.6) is 11.5 Å². The maximum absolute atomic E-state index is 15.0. The smallest absolute Gasteiger partial charge is 0.254 e. The lowest BCUT2D eigenvalue weighted by molar-refractivity contribution is 0.0958. The number of piperazine rings is 1. The van der Waals surface area contributed by atoms with Gasteiger partial charge in [-0.15, -0.1) is 0 Å². The molecule has 3 aromatic rings. The Balaban J connectivity index is 1.43. The van der Waals surface area contributed by atoms with Gasteiger partial charge in [0.25, 0.3) is 5.91 Å². The number of hydrogen-bond acceptors (Lipinski definition) is 8. The Morgan fingerprint density at radius 2 is 1.87 bits per heavy atom. The van der Waals surface area contributed by atoms with Crippen molar-refractivity contribution in [3.8, 4) is 11.5 Å². The van der Waals surface area contributed by atoms with E-state index in [1.165, 1.54) is 38.7 Å². The Morgan fingerprint density at radius 1 is 1.18 bits per heavy atom. The number of carbonyl (C=O) groups is 1. The third kappa shape index (κ3) is 6.05. The van der Waals surface area contributed by atoms with Crippen LogP contribution in [0.1, 0.15) is 29.8 Å². The molecule has 1 saturated heterocycles. The lowest BCUT2D eigenvalue weighted by Crippen LogP contribution is -2.54. The molecule has 0 saturated carbocycles. The minimum Gasteiger partial charge on any atom is -0.495 e. The van der Waals surface area contributed by atoms with E-state index in [4.69, 9.17) is 21.1 Å². The van der Waals surface area contributed by atoms with Gasteiger partial charge in [0.05, 0.1) is 35.8 Å². The molecule has 2 aromatic carbocycles. The van der Waals surface area contributed by atoms with Crippen molar-refractivity contribution in [3.05, 3.63) is 64.4 Å². The number of benzene rings is 2. The predicted molar refractivity (Wildman–Crippen MR) is 142 cm³/mol. The van der Waals surface area contributed by atoms with Crippen LogP contribution in [-0.2, 0) is 6.61 Å². The van der Waals surface area contributed by atoms with Crippen LogP contribution >= 0.6 is 11.6 Å². The van der Waals surface area contributed by atoms with E-state index in [0.717, 1.165) is 13.1 Å². The lowest BCUT2D eigenvalue weighted by Gasteiger charge is -2.37. The highest BCUT2D eigenvalue weighted by atomic mass is 35.5. The zero-order chi connectivity index (χ0) is 27.4. The Labute approximate surface area is 224 Å². The van der Waals surface area contributed by atoms with Gasteiger partial charge in [-0.2, -0.15) is 0 Å². The fraction of sp³-hybridized carbons (Fsp3) is 0.346. The van der Waals surface area contributed by atoms with Crippen molar-refractivity contribution in [2.24, 2.45) is 0 Å². The lowest BCUT2D eigenvalue weighted by atomic mass is 10.1. The first-order valence-corrected chi connectivity index (χ1v) is 12.4. The number of halogens is 3. The van der Waals surface area contributed by atoms with E-state index in [9.17, 15) is 13.6 Å². The quantitative estimate of drug-likeness (QED) is 0.385. The Kier molecular flexibility index (Phi) is 8.48. The molecule has 2 heterocycles. The van der Waals surface area contributed by atoms with E-state index >= 15 is 0 Å². The number of nitrogens with one attached hydrogen (secondary N) is 3. The molecular formula is C26H29ClF2N6O3. The molecule has 202 valence electrons. The fourth-order valence-electron chi connectivity index (χ4n) is 4.35. The summed E-state index contributed by atoms with van der Waals surface area (Å²) in [5.74, 6) is -1.19. The van der Waals surface area contributed by atoms with Crippen LogP contribution < -0.4 is 30.3 Å². The number of nitrogens with zero attached hydrogens (tertiary/aromatic N) is 3. The first-order valence-electron chi connectivity index (χ1n) is 12.0. The molecule has 0 aliphatic carbocycles. The average molecular weight is 547 g/mol. The van der Waals surface area contributed by atoms with Crippen molar-refractivity contribution in [2.45, 2.75) is 32.5 Å². The van der Waals surface area contributed by atoms with Crippen molar-refractivity contribution in [1.29, 1.82) is 0 Å². The van der Waals surface area contributed by atoms with Crippen molar-refractivity contribution < 1.29 is 23.0 Å². The number of amides is 1. The second kappa shape index (κ2) is 11.8. The van der Waals surface area contributed by atoms with Gasteiger partial charge < -0.3 is 30.3 Å². The molecule has 0 spiro atoms. The number of aromatic nitrogens is 2. The largest absolute Gasteiger partial charge is 0.495 e. The molecule has 38 heavy (non-hydrogen) atoms. The van der Waals surface area contributed by atoms with E-state index in [0.29, 0.717) is 11.4 Å². The highest BCUT2D eigenvalue weighted by molar-refractivity contribution is 6.33. The van der Waals surface area contributed by atoms with Crippen LogP contribution in [0, 0.1) is 11.6 Å². The maximum Gasteiger partial charge on any atom is 0.254 e. The van der Waals surface area contributed by atoms with Crippen molar-refractivity contribution in [1.82, 2.24) is 20.6 Å². The molecule has 2 atom stereocenters. The number of anilines is 3. The Hall–Kier alpha value is -3.70. The summed E-state index contributed by atoms with van der Waals surface area (Å²) < 4.78 is 40.6. The number of hydrogen-bond donors (Lipinski definition) is 3. The monoisotopic (exact) mass is 546 g/mol. The number of methoxy groups -OCH3 is 1. The highest BCUT2D eigenvalue weighted by Gasteiger charge is 2.24. The molecule has 1 amide bonds. The molecule has 0 bridgehead atoms. The van der Waals surface area contributed by atoms with Gasteiger partial charge in [-0.3, -0.25) is 4.79 Å². The van der Waals surface area contributed by atoms with Crippen molar-refractivity contribution >= 4 is 34.8 Å².